The second-order valence-corrected chi connectivity index (χ2v) is 11.1. The molecule has 2 aliphatic rings. The number of halogens is 1. The van der Waals surface area contributed by atoms with Gasteiger partial charge in [0.25, 0.3) is 0 Å². The number of rotatable bonds is 7. The van der Waals surface area contributed by atoms with Crippen molar-refractivity contribution < 1.29 is 13.9 Å². The largest absolute Gasteiger partial charge is 0.457 e. The van der Waals surface area contributed by atoms with Crippen molar-refractivity contribution in [3.05, 3.63) is 79.2 Å². The average Bonchev–Trinajstić information content (AvgIpc) is 3.82. The summed E-state index contributed by atoms with van der Waals surface area (Å²) in [5.41, 5.74) is 3.57. The van der Waals surface area contributed by atoms with Gasteiger partial charge >= 0.3 is 0 Å². The van der Waals surface area contributed by atoms with E-state index in [0.717, 1.165) is 29.7 Å². The molecule has 4 heterocycles. The van der Waals surface area contributed by atoms with Crippen LogP contribution < -0.4 is 15.0 Å². The molecular formula is C32H31FN8O2. The standard InChI is InChI=1S/C32H31FN8O2/c1-4-29(42)41-14-13-40(16-26(41)20-5-6-20)28-12-9-23-31(38-28)32(35-17-34-23)37-22-8-11-27(19(2)30(22)33)43-21-7-10-25-24(15-21)36-18-39(25)3/h4,7-12,15,17-18,20,26H,1,5-6,13-14,16H2,2-3H3,(H,34,35,37)/t26-/m1/s1. The molecule has 1 atom stereocenters. The first-order valence-corrected chi connectivity index (χ1v) is 14.3. The van der Waals surface area contributed by atoms with Crippen molar-refractivity contribution in [2.45, 2.75) is 25.8 Å². The minimum atomic E-state index is -0.449. The van der Waals surface area contributed by atoms with Gasteiger partial charge in [0.05, 0.1) is 34.6 Å². The molecule has 7 rings (SSSR count). The zero-order valence-electron chi connectivity index (χ0n) is 24.0. The van der Waals surface area contributed by atoms with Crippen LogP contribution in [0.5, 0.6) is 11.5 Å². The molecule has 218 valence electrons. The molecule has 1 amide bonds. The molecule has 1 N–H and O–H groups in total. The van der Waals surface area contributed by atoms with Crippen LogP contribution in [0.15, 0.2) is 67.8 Å². The smallest absolute Gasteiger partial charge is 0.246 e. The number of amides is 1. The summed E-state index contributed by atoms with van der Waals surface area (Å²) in [6, 6.07) is 12.9. The molecule has 3 aromatic heterocycles. The van der Waals surface area contributed by atoms with Gasteiger partial charge < -0.3 is 24.4 Å². The summed E-state index contributed by atoms with van der Waals surface area (Å²) in [5.74, 6) is 2.19. The second kappa shape index (κ2) is 10.6. The molecule has 10 nitrogen and oxygen atoms in total. The van der Waals surface area contributed by atoms with E-state index in [1.54, 1.807) is 25.4 Å². The number of ether oxygens (including phenoxy) is 1. The van der Waals surface area contributed by atoms with Gasteiger partial charge in [-0.3, -0.25) is 4.79 Å². The minimum absolute atomic E-state index is 0.0223. The lowest BCUT2D eigenvalue weighted by atomic mass is 10.1. The maximum atomic E-state index is 15.7. The lowest BCUT2D eigenvalue weighted by Gasteiger charge is -2.42. The molecule has 0 spiro atoms. The number of fused-ring (bicyclic) bond motifs is 2. The Balaban J connectivity index is 1.14. The van der Waals surface area contributed by atoms with Crippen molar-refractivity contribution in [2.75, 3.05) is 29.9 Å². The number of nitrogens with zero attached hydrogens (tertiary/aromatic N) is 7. The third-order valence-electron chi connectivity index (χ3n) is 8.35. The number of imidazole rings is 1. The van der Waals surface area contributed by atoms with E-state index < -0.39 is 5.82 Å². The average molecular weight is 579 g/mol. The molecule has 0 bridgehead atoms. The predicted octanol–water partition coefficient (Wildman–Crippen LogP) is 5.51. The molecule has 43 heavy (non-hydrogen) atoms. The van der Waals surface area contributed by atoms with Crippen LogP contribution >= 0.6 is 0 Å². The summed E-state index contributed by atoms with van der Waals surface area (Å²) in [4.78, 5) is 34.7. The molecule has 0 radical (unpaired) electrons. The molecule has 2 fully saturated rings. The SMILES string of the molecule is C=CC(=O)N1CCN(c2ccc3ncnc(Nc4ccc(Oc5ccc6c(c5)ncn6C)c(C)c4F)c3n2)C[C@@H]1C1CC1. The number of carbonyl (C=O) groups excluding carboxylic acids is 1. The van der Waals surface area contributed by atoms with Gasteiger partial charge in [0.15, 0.2) is 11.6 Å². The number of hydrogen-bond donors (Lipinski definition) is 1. The zero-order valence-corrected chi connectivity index (χ0v) is 24.0. The van der Waals surface area contributed by atoms with E-state index in [9.17, 15) is 4.79 Å². The zero-order chi connectivity index (χ0) is 29.7. The van der Waals surface area contributed by atoms with E-state index in [1.807, 2.05) is 46.8 Å². The van der Waals surface area contributed by atoms with Crippen molar-refractivity contribution >= 4 is 45.3 Å². The fraction of sp³-hybridized carbons (Fsp3) is 0.281. The Morgan fingerprint density at radius 2 is 1.95 bits per heavy atom. The quantitative estimate of drug-likeness (QED) is 0.253. The first-order chi connectivity index (χ1) is 20.9. The number of hydrogen-bond acceptors (Lipinski definition) is 8. The highest BCUT2D eigenvalue weighted by Gasteiger charge is 2.40. The lowest BCUT2D eigenvalue weighted by Crippen LogP contribution is -2.56. The monoisotopic (exact) mass is 578 g/mol. The Bertz CT molecular complexity index is 1880. The molecular weight excluding hydrogens is 547 g/mol. The van der Waals surface area contributed by atoms with Crippen molar-refractivity contribution in [1.82, 2.24) is 29.4 Å². The van der Waals surface area contributed by atoms with Crippen LogP contribution in [-0.4, -0.2) is 61.0 Å². The van der Waals surface area contributed by atoms with Gasteiger partial charge in [0.1, 0.15) is 29.2 Å². The van der Waals surface area contributed by atoms with Crippen LogP contribution in [-0.2, 0) is 11.8 Å². The number of piperazine rings is 1. The van der Waals surface area contributed by atoms with Crippen LogP contribution in [0.25, 0.3) is 22.1 Å². The van der Waals surface area contributed by atoms with Gasteiger partial charge in [0.2, 0.25) is 5.91 Å². The molecule has 2 aromatic carbocycles. The normalized spacial score (nSPS) is 17.0. The number of nitrogens with one attached hydrogen (secondary N) is 1. The molecule has 1 saturated heterocycles. The number of benzene rings is 2. The highest BCUT2D eigenvalue weighted by Crippen LogP contribution is 2.38. The van der Waals surface area contributed by atoms with Crippen molar-refractivity contribution in [1.29, 1.82) is 0 Å². The van der Waals surface area contributed by atoms with Crippen LogP contribution in [0.3, 0.4) is 0 Å². The summed E-state index contributed by atoms with van der Waals surface area (Å²) in [6.45, 7) is 7.31. The Labute approximate surface area is 247 Å². The summed E-state index contributed by atoms with van der Waals surface area (Å²) >= 11 is 0. The maximum absolute atomic E-state index is 15.7. The molecule has 1 aliphatic heterocycles. The molecule has 1 saturated carbocycles. The number of carbonyl (C=O) groups is 1. The third-order valence-corrected chi connectivity index (χ3v) is 8.35. The summed E-state index contributed by atoms with van der Waals surface area (Å²) < 4.78 is 23.6. The third kappa shape index (κ3) is 5.00. The van der Waals surface area contributed by atoms with E-state index >= 15 is 4.39 Å². The molecule has 0 unspecified atom stereocenters. The maximum Gasteiger partial charge on any atom is 0.246 e. The Morgan fingerprint density at radius 1 is 1.09 bits per heavy atom. The van der Waals surface area contributed by atoms with Gasteiger partial charge in [-0.15, -0.1) is 0 Å². The Kier molecular flexibility index (Phi) is 6.64. The van der Waals surface area contributed by atoms with Crippen LogP contribution in [0.1, 0.15) is 18.4 Å². The van der Waals surface area contributed by atoms with E-state index in [-0.39, 0.29) is 17.6 Å². The summed E-state index contributed by atoms with van der Waals surface area (Å²) in [6.07, 6.45) is 6.83. The fourth-order valence-electron chi connectivity index (χ4n) is 5.80. The molecule has 11 heteroatoms. The van der Waals surface area contributed by atoms with E-state index in [1.165, 1.54) is 12.4 Å². The van der Waals surface area contributed by atoms with Gasteiger partial charge in [-0.2, -0.15) is 0 Å². The first-order valence-electron chi connectivity index (χ1n) is 14.3. The number of anilines is 3. The van der Waals surface area contributed by atoms with Crippen LogP contribution in [0.2, 0.25) is 0 Å². The van der Waals surface area contributed by atoms with Gasteiger partial charge in [-0.05, 0) is 68.2 Å². The van der Waals surface area contributed by atoms with Gasteiger partial charge in [-0.1, -0.05) is 6.58 Å². The number of aromatic nitrogens is 5. The highest BCUT2D eigenvalue weighted by atomic mass is 19.1. The Hall–Kier alpha value is -5.06. The summed E-state index contributed by atoms with van der Waals surface area (Å²) in [5, 5.41) is 3.13. The van der Waals surface area contributed by atoms with Gasteiger partial charge in [-0.25, -0.2) is 24.3 Å². The second-order valence-electron chi connectivity index (χ2n) is 11.1. The van der Waals surface area contributed by atoms with E-state index in [0.29, 0.717) is 59.5 Å². The Morgan fingerprint density at radius 3 is 2.77 bits per heavy atom. The van der Waals surface area contributed by atoms with Crippen LogP contribution in [0, 0.1) is 18.7 Å². The molecule has 5 aromatic rings. The predicted molar refractivity (Wildman–Crippen MR) is 163 cm³/mol. The first kappa shape index (κ1) is 26.8. The minimum Gasteiger partial charge on any atom is -0.457 e. The van der Waals surface area contributed by atoms with Gasteiger partial charge in [0, 0.05) is 38.3 Å². The number of aryl methyl sites for hydroxylation is 1. The number of pyridine rings is 1. The molecule has 1 aliphatic carbocycles. The van der Waals surface area contributed by atoms with E-state index in [4.69, 9.17) is 9.72 Å². The van der Waals surface area contributed by atoms with E-state index in [2.05, 4.69) is 31.7 Å². The lowest BCUT2D eigenvalue weighted by molar-refractivity contribution is -0.129. The van der Waals surface area contributed by atoms with Crippen molar-refractivity contribution in [3.8, 4) is 11.5 Å². The highest BCUT2D eigenvalue weighted by molar-refractivity contribution is 5.89. The fourth-order valence-corrected chi connectivity index (χ4v) is 5.80. The van der Waals surface area contributed by atoms with Crippen molar-refractivity contribution in [3.63, 3.8) is 0 Å². The van der Waals surface area contributed by atoms with Crippen LogP contribution in [0.4, 0.5) is 21.7 Å². The summed E-state index contributed by atoms with van der Waals surface area (Å²) in [7, 11) is 1.93. The topological polar surface area (TPSA) is 101 Å². The van der Waals surface area contributed by atoms with Crippen molar-refractivity contribution in [2.24, 2.45) is 13.0 Å².